The van der Waals surface area contributed by atoms with Crippen LogP contribution in [0.4, 0.5) is 0 Å². The van der Waals surface area contributed by atoms with Crippen molar-refractivity contribution >= 4 is 10.9 Å². The summed E-state index contributed by atoms with van der Waals surface area (Å²) in [6, 6.07) is 5.23. The molecule has 0 unspecified atom stereocenters. The SMILES string of the molecule is CCCCOc1c(O)c2ccc(OC/C=C(\C)CCC=C(C)C)cc2[nH]c1=O. The van der Waals surface area contributed by atoms with E-state index in [1.807, 2.05) is 6.92 Å². The van der Waals surface area contributed by atoms with Gasteiger partial charge in [0.2, 0.25) is 5.75 Å². The Morgan fingerprint density at radius 2 is 1.96 bits per heavy atom. The highest BCUT2D eigenvalue weighted by Gasteiger charge is 2.13. The van der Waals surface area contributed by atoms with Crippen molar-refractivity contribution in [2.24, 2.45) is 0 Å². The van der Waals surface area contributed by atoms with E-state index in [1.54, 1.807) is 18.2 Å². The molecular formula is C23H31NO4. The Bertz CT molecular complexity index is 905. The highest BCUT2D eigenvalue weighted by atomic mass is 16.5. The van der Waals surface area contributed by atoms with E-state index in [4.69, 9.17) is 9.47 Å². The molecule has 28 heavy (non-hydrogen) atoms. The fourth-order valence-electron chi connectivity index (χ4n) is 2.76. The number of fused-ring (bicyclic) bond motifs is 1. The van der Waals surface area contributed by atoms with E-state index in [9.17, 15) is 9.90 Å². The van der Waals surface area contributed by atoms with Crippen molar-refractivity contribution in [2.45, 2.75) is 53.4 Å². The van der Waals surface area contributed by atoms with Crippen LogP contribution in [0.5, 0.6) is 17.2 Å². The second-order valence-corrected chi connectivity index (χ2v) is 7.22. The van der Waals surface area contributed by atoms with Crippen LogP contribution in [0.25, 0.3) is 10.9 Å². The third-order valence-electron chi connectivity index (χ3n) is 4.43. The summed E-state index contributed by atoms with van der Waals surface area (Å²) in [5, 5.41) is 10.9. The zero-order valence-corrected chi connectivity index (χ0v) is 17.3. The molecule has 0 fully saturated rings. The molecule has 2 N–H and O–H groups in total. The Balaban J connectivity index is 2.07. The van der Waals surface area contributed by atoms with E-state index in [2.05, 4.69) is 37.9 Å². The minimum absolute atomic E-state index is 0.0236. The van der Waals surface area contributed by atoms with Gasteiger partial charge in [0.05, 0.1) is 12.1 Å². The Labute approximate surface area is 166 Å². The fourth-order valence-corrected chi connectivity index (χ4v) is 2.76. The molecule has 0 saturated carbocycles. The number of aromatic amines is 1. The second kappa shape index (κ2) is 10.6. The summed E-state index contributed by atoms with van der Waals surface area (Å²) in [5.74, 6) is 0.483. The zero-order chi connectivity index (χ0) is 20.5. The number of hydrogen-bond acceptors (Lipinski definition) is 4. The molecular weight excluding hydrogens is 354 g/mol. The third kappa shape index (κ3) is 6.19. The number of benzene rings is 1. The van der Waals surface area contributed by atoms with Crippen LogP contribution in [0, 0.1) is 0 Å². The molecule has 5 heteroatoms. The summed E-state index contributed by atoms with van der Waals surface area (Å²) in [4.78, 5) is 15.0. The van der Waals surface area contributed by atoms with Crippen LogP contribution in [-0.2, 0) is 0 Å². The van der Waals surface area contributed by atoms with Gasteiger partial charge >= 0.3 is 0 Å². The molecule has 2 rings (SSSR count). The Morgan fingerprint density at radius 1 is 1.18 bits per heavy atom. The molecule has 5 nitrogen and oxygen atoms in total. The number of H-pyrrole nitrogens is 1. The predicted octanol–water partition coefficient (Wildman–Crippen LogP) is 5.48. The second-order valence-electron chi connectivity index (χ2n) is 7.22. The largest absolute Gasteiger partial charge is 0.504 e. The Kier molecular flexibility index (Phi) is 8.18. The lowest BCUT2D eigenvalue weighted by Crippen LogP contribution is -2.12. The van der Waals surface area contributed by atoms with E-state index in [-0.39, 0.29) is 11.5 Å². The normalized spacial score (nSPS) is 11.5. The van der Waals surface area contributed by atoms with Crippen LogP contribution >= 0.6 is 0 Å². The topological polar surface area (TPSA) is 71.5 Å². The van der Waals surface area contributed by atoms with E-state index >= 15 is 0 Å². The summed E-state index contributed by atoms with van der Waals surface area (Å²) in [6.45, 7) is 9.20. The summed E-state index contributed by atoms with van der Waals surface area (Å²) in [5.41, 5.74) is 2.69. The fraction of sp³-hybridized carbons (Fsp3) is 0.435. The monoisotopic (exact) mass is 385 g/mol. The lowest BCUT2D eigenvalue weighted by atomic mass is 10.1. The van der Waals surface area contributed by atoms with Gasteiger partial charge < -0.3 is 19.6 Å². The maximum atomic E-state index is 12.2. The molecule has 0 radical (unpaired) electrons. The van der Waals surface area contributed by atoms with E-state index in [0.29, 0.717) is 29.9 Å². The van der Waals surface area contributed by atoms with Crippen LogP contribution in [0.1, 0.15) is 53.4 Å². The van der Waals surface area contributed by atoms with E-state index < -0.39 is 5.56 Å². The van der Waals surface area contributed by atoms with Gasteiger partial charge in [0, 0.05) is 11.5 Å². The molecule has 1 heterocycles. The van der Waals surface area contributed by atoms with Crippen molar-refractivity contribution in [1.29, 1.82) is 0 Å². The number of allylic oxidation sites excluding steroid dienone is 3. The van der Waals surface area contributed by atoms with Gasteiger partial charge in [-0.05, 0) is 58.2 Å². The van der Waals surface area contributed by atoms with Crippen LogP contribution < -0.4 is 15.0 Å². The van der Waals surface area contributed by atoms with Crippen molar-refractivity contribution in [2.75, 3.05) is 13.2 Å². The molecule has 152 valence electrons. The highest BCUT2D eigenvalue weighted by molar-refractivity contribution is 5.87. The van der Waals surface area contributed by atoms with Gasteiger partial charge in [-0.3, -0.25) is 4.79 Å². The predicted molar refractivity (Wildman–Crippen MR) is 115 cm³/mol. The number of pyridine rings is 1. The molecule has 0 atom stereocenters. The minimum Gasteiger partial charge on any atom is -0.504 e. The average molecular weight is 386 g/mol. The van der Waals surface area contributed by atoms with Crippen LogP contribution in [0.3, 0.4) is 0 Å². The van der Waals surface area contributed by atoms with Crippen LogP contribution in [0.2, 0.25) is 0 Å². The lowest BCUT2D eigenvalue weighted by Gasteiger charge is -2.10. The first-order valence-electron chi connectivity index (χ1n) is 9.86. The molecule has 1 aromatic heterocycles. The van der Waals surface area contributed by atoms with Crippen molar-refractivity contribution in [3.05, 3.63) is 51.9 Å². The number of nitrogens with one attached hydrogen (secondary N) is 1. The molecule has 0 aliphatic carbocycles. The number of aromatic hydroxyl groups is 1. The number of aromatic nitrogens is 1. The van der Waals surface area contributed by atoms with Crippen molar-refractivity contribution in [3.8, 4) is 17.2 Å². The molecule has 0 spiro atoms. The molecule has 0 aliphatic heterocycles. The molecule has 1 aromatic carbocycles. The quantitative estimate of drug-likeness (QED) is 0.419. The Morgan fingerprint density at radius 3 is 2.68 bits per heavy atom. The minimum atomic E-state index is -0.437. The molecule has 0 saturated heterocycles. The lowest BCUT2D eigenvalue weighted by molar-refractivity contribution is 0.290. The van der Waals surface area contributed by atoms with Gasteiger partial charge in [-0.15, -0.1) is 0 Å². The van der Waals surface area contributed by atoms with Crippen molar-refractivity contribution < 1.29 is 14.6 Å². The first-order valence-corrected chi connectivity index (χ1v) is 9.86. The number of ether oxygens (including phenoxy) is 2. The summed E-state index contributed by atoms with van der Waals surface area (Å²) >= 11 is 0. The van der Waals surface area contributed by atoms with Gasteiger partial charge in [-0.25, -0.2) is 0 Å². The van der Waals surface area contributed by atoms with Crippen molar-refractivity contribution in [1.82, 2.24) is 4.98 Å². The molecule has 0 aliphatic rings. The summed E-state index contributed by atoms with van der Waals surface area (Å²) in [7, 11) is 0. The number of unbranched alkanes of at least 4 members (excludes halogenated alkanes) is 1. The summed E-state index contributed by atoms with van der Waals surface area (Å²) < 4.78 is 11.2. The molecule has 0 amide bonds. The molecule has 2 aromatic rings. The van der Waals surface area contributed by atoms with Gasteiger partial charge in [0.15, 0.2) is 5.75 Å². The third-order valence-corrected chi connectivity index (χ3v) is 4.43. The van der Waals surface area contributed by atoms with Crippen LogP contribution in [-0.4, -0.2) is 23.3 Å². The zero-order valence-electron chi connectivity index (χ0n) is 17.3. The van der Waals surface area contributed by atoms with Gasteiger partial charge in [0.1, 0.15) is 12.4 Å². The van der Waals surface area contributed by atoms with E-state index in [0.717, 1.165) is 25.7 Å². The van der Waals surface area contributed by atoms with E-state index in [1.165, 1.54) is 11.1 Å². The average Bonchev–Trinajstić information content (AvgIpc) is 2.64. The van der Waals surface area contributed by atoms with Gasteiger partial charge in [-0.2, -0.15) is 0 Å². The Hall–Kier alpha value is -2.69. The maximum Gasteiger partial charge on any atom is 0.294 e. The molecule has 0 bridgehead atoms. The van der Waals surface area contributed by atoms with Crippen molar-refractivity contribution in [3.63, 3.8) is 0 Å². The van der Waals surface area contributed by atoms with Gasteiger partial charge in [0.25, 0.3) is 5.56 Å². The van der Waals surface area contributed by atoms with Gasteiger partial charge in [-0.1, -0.05) is 30.6 Å². The maximum absolute atomic E-state index is 12.2. The highest BCUT2D eigenvalue weighted by Crippen LogP contribution is 2.32. The standard InChI is InChI=1S/C23H31NO4/c1-5-6-13-28-22-21(25)19-11-10-18(15-20(19)24-23(22)26)27-14-12-17(4)9-7-8-16(2)3/h8,10-12,15H,5-7,9,13-14H2,1-4H3,(H2,24,25,26)/b17-12+. The first-order chi connectivity index (χ1) is 13.4. The number of hydrogen-bond donors (Lipinski definition) is 2. The summed E-state index contributed by atoms with van der Waals surface area (Å²) in [6.07, 6.45) is 8.11. The first kappa shape index (κ1) is 21.6. The number of rotatable bonds is 10. The van der Waals surface area contributed by atoms with Crippen LogP contribution in [0.15, 0.2) is 46.3 Å². The smallest absolute Gasteiger partial charge is 0.294 e.